The molecule has 4 heteroatoms. The molecule has 4 rings (SSSR count). The van der Waals surface area contributed by atoms with Crippen LogP contribution in [-0.4, -0.2) is 23.7 Å². The number of hydrogen-bond acceptors (Lipinski definition) is 3. The van der Waals surface area contributed by atoms with Gasteiger partial charge in [0, 0.05) is 36.7 Å². The SMILES string of the molecule is Fc1cccnc1CNC1C2CCOC2C12CCC2. The number of fused-ring (bicyclic) bond motifs is 2. The Bertz CT molecular complexity index is 489. The van der Waals surface area contributed by atoms with E-state index in [1.807, 2.05) is 0 Å². The van der Waals surface area contributed by atoms with E-state index < -0.39 is 0 Å². The molecule has 1 aromatic heterocycles. The molecule has 0 aromatic carbocycles. The zero-order valence-corrected chi connectivity index (χ0v) is 10.9. The van der Waals surface area contributed by atoms with Crippen LogP contribution in [0.5, 0.6) is 0 Å². The Hall–Kier alpha value is -1.00. The lowest BCUT2D eigenvalue weighted by atomic mass is 9.46. The fourth-order valence-corrected chi connectivity index (χ4v) is 4.31. The van der Waals surface area contributed by atoms with E-state index >= 15 is 0 Å². The number of nitrogens with one attached hydrogen (secondary N) is 1. The van der Waals surface area contributed by atoms with E-state index in [4.69, 9.17) is 4.74 Å². The van der Waals surface area contributed by atoms with Gasteiger partial charge in [-0.15, -0.1) is 0 Å². The van der Waals surface area contributed by atoms with Gasteiger partial charge in [-0.25, -0.2) is 4.39 Å². The third kappa shape index (κ3) is 1.59. The predicted octanol–water partition coefficient (Wildman–Crippen LogP) is 2.27. The van der Waals surface area contributed by atoms with E-state index in [-0.39, 0.29) is 5.82 Å². The van der Waals surface area contributed by atoms with Crippen molar-refractivity contribution in [2.45, 2.75) is 44.4 Å². The maximum absolute atomic E-state index is 13.6. The molecule has 3 atom stereocenters. The molecule has 3 nitrogen and oxygen atoms in total. The Morgan fingerprint density at radius 3 is 3.11 bits per heavy atom. The highest BCUT2D eigenvalue weighted by Gasteiger charge is 2.66. The fourth-order valence-electron chi connectivity index (χ4n) is 4.31. The Kier molecular flexibility index (Phi) is 2.64. The molecule has 1 aliphatic heterocycles. The van der Waals surface area contributed by atoms with Gasteiger partial charge in [0.2, 0.25) is 0 Å². The zero-order valence-electron chi connectivity index (χ0n) is 10.9. The van der Waals surface area contributed by atoms with Crippen LogP contribution in [0, 0.1) is 17.2 Å². The fraction of sp³-hybridized carbons (Fsp3) is 0.667. The topological polar surface area (TPSA) is 34.2 Å². The Morgan fingerprint density at radius 1 is 1.47 bits per heavy atom. The number of ether oxygens (including phenoxy) is 1. The number of aromatic nitrogens is 1. The van der Waals surface area contributed by atoms with Gasteiger partial charge in [-0.1, -0.05) is 6.42 Å². The molecular weight excluding hydrogens is 243 g/mol. The van der Waals surface area contributed by atoms with E-state index in [9.17, 15) is 4.39 Å². The number of halogens is 1. The first-order valence-electron chi connectivity index (χ1n) is 7.26. The van der Waals surface area contributed by atoms with Crippen LogP contribution >= 0.6 is 0 Å². The summed E-state index contributed by atoms with van der Waals surface area (Å²) in [6, 6.07) is 3.61. The molecule has 0 radical (unpaired) electrons. The van der Waals surface area contributed by atoms with Crippen LogP contribution in [0.3, 0.4) is 0 Å². The quantitative estimate of drug-likeness (QED) is 0.907. The molecule has 2 saturated carbocycles. The van der Waals surface area contributed by atoms with Crippen molar-refractivity contribution < 1.29 is 9.13 Å². The van der Waals surface area contributed by atoms with Crippen molar-refractivity contribution in [2.75, 3.05) is 6.61 Å². The van der Waals surface area contributed by atoms with Gasteiger partial charge < -0.3 is 10.1 Å². The zero-order chi connectivity index (χ0) is 12.9. The molecule has 1 N–H and O–H groups in total. The average Bonchev–Trinajstić information content (AvgIpc) is 2.75. The normalized spacial score (nSPS) is 34.7. The summed E-state index contributed by atoms with van der Waals surface area (Å²) >= 11 is 0. The summed E-state index contributed by atoms with van der Waals surface area (Å²) in [5.74, 6) is 0.420. The van der Waals surface area contributed by atoms with E-state index in [0.717, 1.165) is 13.0 Å². The first-order valence-corrected chi connectivity index (χ1v) is 7.26. The van der Waals surface area contributed by atoms with Crippen LogP contribution in [0.25, 0.3) is 0 Å². The standard InChI is InChI=1S/C15H19FN2O/c16-11-3-1-7-17-12(11)9-18-13-10-4-8-19-14(10)15(13)5-2-6-15/h1,3,7,10,13-14,18H,2,4-6,8-9H2. The van der Waals surface area contributed by atoms with Gasteiger partial charge in [0.05, 0.1) is 11.8 Å². The summed E-state index contributed by atoms with van der Waals surface area (Å²) in [6.45, 7) is 1.43. The molecule has 3 fully saturated rings. The van der Waals surface area contributed by atoms with E-state index in [2.05, 4.69) is 10.3 Å². The second-order valence-corrected chi connectivity index (χ2v) is 6.12. The largest absolute Gasteiger partial charge is 0.377 e. The molecule has 102 valence electrons. The molecular formula is C15H19FN2O. The lowest BCUT2D eigenvalue weighted by molar-refractivity contribution is -0.176. The van der Waals surface area contributed by atoms with Gasteiger partial charge in [0.15, 0.2) is 0 Å². The molecule has 2 aliphatic carbocycles. The van der Waals surface area contributed by atoms with Crippen molar-refractivity contribution in [1.82, 2.24) is 10.3 Å². The van der Waals surface area contributed by atoms with Crippen LogP contribution in [0.15, 0.2) is 18.3 Å². The Labute approximate surface area is 112 Å². The summed E-state index contributed by atoms with van der Waals surface area (Å²) < 4.78 is 19.5. The van der Waals surface area contributed by atoms with Crippen molar-refractivity contribution in [1.29, 1.82) is 0 Å². The van der Waals surface area contributed by atoms with Gasteiger partial charge in [0.25, 0.3) is 0 Å². The molecule has 0 bridgehead atoms. The minimum Gasteiger partial charge on any atom is -0.377 e. The van der Waals surface area contributed by atoms with Crippen molar-refractivity contribution in [2.24, 2.45) is 11.3 Å². The van der Waals surface area contributed by atoms with Crippen LogP contribution in [0.1, 0.15) is 31.4 Å². The monoisotopic (exact) mass is 262 g/mol. The molecule has 1 saturated heterocycles. The van der Waals surface area contributed by atoms with Crippen LogP contribution in [0.2, 0.25) is 0 Å². The number of nitrogens with zero attached hydrogens (tertiary/aromatic N) is 1. The summed E-state index contributed by atoms with van der Waals surface area (Å²) in [7, 11) is 0. The molecule has 1 spiro atoms. The highest BCUT2D eigenvalue weighted by molar-refractivity contribution is 5.19. The van der Waals surface area contributed by atoms with Gasteiger partial charge in [-0.3, -0.25) is 4.98 Å². The molecule has 0 amide bonds. The lowest BCUT2D eigenvalue weighted by Gasteiger charge is -2.63. The van der Waals surface area contributed by atoms with Crippen molar-refractivity contribution >= 4 is 0 Å². The summed E-state index contributed by atoms with van der Waals surface area (Å²) in [6.07, 6.45) is 7.10. The molecule has 2 heterocycles. The van der Waals surface area contributed by atoms with Gasteiger partial charge in [-0.2, -0.15) is 0 Å². The Balaban J connectivity index is 1.47. The number of rotatable bonds is 3. The van der Waals surface area contributed by atoms with Crippen LogP contribution < -0.4 is 5.32 Å². The summed E-state index contributed by atoms with van der Waals surface area (Å²) in [4.78, 5) is 4.12. The third-order valence-corrected chi connectivity index (χ3v) is 5.36. The lowest BCUT2D eigenvalue weighted by Crippen LogP contribution is -2.70. The second kappa shape index (κ2) is 4.25. The number of hydrogen-bond donors (Lipinski definition) is 1. The first kappa shape index (κ1) is 11.8. The predicted molar refractivity (Wildman–Crippen MR) is 69.0 cm³/mol. The van der Waals surface area contributed by atoms with Gasteiger partial charge in [0.1, 0.15) is 5.82 Å². The molecule has 1 aromatic rings. The average molecular weight is 262 g/mol. The van der Waals surface area contributed by atoms with Crippen molar-refractivity contribution in [3.63, 3.8) is 0 Å². The highest BCUT2D eigenvalue weighted by atomic mass is 19.1. The smallest absolute Gasteiger partial charge is 0.146 e. The second-order valence-electron chi connectivity index (χ2n) is 6.12. The van der Waals surface area contributed by atoms with E-state index in [1.54, 1.807) is 12.3 Å². The van der Waals surface area contributed by atoms with Crippen molar-refractivity contribution in [3.05, 3.63) is 29.8 Å². The first-order chi connectivity index (χ1) is 9.31. The van der Waals surface area contributed by atoms with Gasteiger partial charge >= 0.3 is 0 Å². The maximum Gasteiger partial charge on any atom is 0.146 e. The maximum atomic E-state index is 13.6. The number of pyridine rings is 1. The minimum atomic E-state index is -0.212. The van der Waals surface area contributed by atoms with Gasteiger partial charge in [-0.05, 0) is 31.4 Å². The molecule has 3 unspecified atom stereocenters. The highest BCUT2D eigenvalue weighted by Crippen LogP contribution is 2.62. The van der Waals surface area contributed by atoms with Crippen LogP contribution in [0.4, 0.5) is 4.39 Å². The van der Waals surface area contributed by atoms with Crippen molar-refractivity contribution in [3.8, 4) is 0 Å². The minimum absolute atomic E-state index is 0.212. The summed E-state index contributed by atoms with van der Waals surface area (Å²) in [5.41, 5.74) is 0.881. The van der Waals surface area contributed by atoms with Crippen LogP contribution in [-0.2, 0) is 11.3 Å². The third-order valence-electron chi connectivity index (χ3n) is 5.36. The molecule has 3 aliphatic rings. The molecule has 19 heavy (non-hydrogen) atoms. The summed E-state index contributed by atoms with van der Waals surface area (Å²) in [5, 5.41) is 3.56. The van der Waals surface area contributed by atoms with E-state index in [0.29, 0.717) is 35.7 Å². The Morgan fingerprint density at radius 2 is 2.37 bits per heavy atom. The van der Waals surface area contributed by atoms with E-state index in [1.165, 1.54) is 25.3 Å².